The molecule has 0 heterocycles. The van der Waals surface area contributed by atoms with Crippen molar-refractivity contribution in [2.24, 2.45) is 5.92 Å². The summed E-state index contributed by atoms with van der Waals surface area (Å²) in [5.41, 5.74) is 0. The minimum absolute atomic E-state index is 0.146. The summed E-state index contributed by atoms with van der Waals surface area (Å²) < 4.78 is 0. The van der Waals surface area contributed by atoms with Gasteiger partial charge in [0.25, 0.3) is 0 Å². The van der Waals surface area contributed by atoms with Crippen molar-refractivity contribution in [2.45, 2.75) is 39.2 Å². The second-order valence-corrected chi connectivity index (χ2v) is 3.59. The second kappa shape index (κ2) is 7.14. The molecule has 0 aromatic carbocycles. The molecular formula is C11H18N2O. The van der Waals surface area contributed by atoms with Crippen molar-refractivity contribution < 1.29 is 4.79 Å². The van der Waals surface area contributed by atoms with E-state index in [1.54, 1.807) is 0 Å². The molecule has 0 saturated heterocycles. The summed E-state index contributed by atoms with van der Waals surface area (Å²) >= 11 is 0. The molecule has 3 nitrogen and oxygen atoms in total. The lowest BCUT2D eigenvalue weighted by Crippen LogP contribution is -2.33. The zero-order valence-electron chi connectivity index (χ0n) is 8.92. The van der Waals surface area contributed by atoms with Gasteiger partial charge in [0.15, 0.2) is 0 Å². The normalized spacial score (nSPS) is 13.8. The third-order valence-electron chi connectivity index (χ3n) is 2.03. The standard InChI is InChI=1S/C11H18N2O/c1-4-5-6-9(2)7-11(8-12)13-10(3)14/h4,9,11H,1,5-7H2,2-3H3,(H,13,14)/t9-,11?/m1/s1. The van der Waals surface area contributed by atoms with Crippen LogP contribution in [-0.4, -0.2) is 11.9 Å². The molecule has 0 saturated carbocycles. The predicted molar refractivity (Wildman–Crippen MR) is 56.4 cm³/mol. The lowest BCUT2D eigenvalue weighted by molar-refractivity contribution is -0.119. The molecule has 2 atom stereocenters. The van der Waals surface area contributed by atoms with Crippen LogP contribution in [0.1, 0.15) is 33.1 Å². The highest BCUT2D eigenvalue weighted by molar-refractivity contribution is 5.73. The molecule has 14 heavy (non-hydrogen) atoms. The number of allylic oxidation sites excluding steroid dienone is 1. The number of nitriles is 1. The van der Waals surface area contributed by atoms with Gasteiger partial charge in [0.2, 0.25) is 5.91 Å². The topological polar surface area (TPSA) is 52.9 Å². The molecule has 3 heteroatoms. The average molecular weight is 194 g/mol. The van der Waals surface area contributed by atoms with E-state index in [1.807, 2.05) is 6.08 Å². The van der Waals surface area contributed by atoms with Crippen LogP contribution < -0.4 is 5.32 Å². The fraction of sp³-hybridized carbons (Fsp3) is 0.636. The fourth-order valence-electron chi connectivity index (χ4n) is 1.31. The van der Waals surface area contributed by atoms with Gasteiger partial charge in [0, 0.05) is 6.92 Å². The van der Waals surface area contributed by atoms with E-state index in [1.165, 1.54) is 6.92 Å². The number of carbonyl (C=O) groups is 1. The van der Waals surface area contributed by atoms with E-state index in [2.05, 4.69) is 24.9 Å². The SMILES string of the molecule is C=CCC[C@@H](C)CC(C#N)NC(C)=O. The first-order valence-corrected chi connectivity index (χ1v) is 4.87. The second-order valence-electron chi connectivity index (χ2n) is 3.59. The van der Waals surface area contributed by atoms with Crippen LogP contribution >= 0.6 is 0 Å². The van der Waals surface area contributed by atoms with Crippen LogP contribution in [-0.2, 0) is 4.79 Å². The third-order valence-corrected chi connectivity index (χ3v) is 2.03. The summed E-state index contributed by atoms with van der Waals surface area (Å²) in [6.07, 6.45) is 4.56. The highest BCUT2D eigenvalue weighted by Gasteiger charge is 2.12. The van der Waals surface area contributed by atoms with E-state index in [-0.39, 0.29) is 11.9 Å². The molecule has 1 unspecified atom stereocenters. The number of nitrogens with zero attached hydrogens (tertiary/aromatic N) is 1. The van der Waals surface area contributed by atoms with Gasteiger partial charge in [0.1, 0.15) is 6.04 Å². The average Bonchev–Trinajstić information content (AvgIpc) is 2.12. The summed E-state index contributed by atoms with van der Waals surface area (Å²) in [6.45, 7) is 7.15. The molecule has 0 bridgehead atoms. The smallest absolute Gasteiger partial charge is 0.217 e. The summed E-state index contributed by atoms with van der Waals surface area (Å²) in [5.74, 6) is 0.289. The van der Waals surface area contributed by atoms with Crippen molar-refractivity contribution in [1.29, 1.82) is 5.26 Å². The quantitative estimate of drug-likeness (QED) is 0.657. The summed E-state index contributed by atoms with van der Waals surface area (Å²) in [5, 5.41) is 11.4. The molecule has 0 rings (SSSR count). The molecular weight excluding hydrogens is 176 g/mol. The molecule has 0 aliphatic rings. The minimum Gasteiger partial charge on any atom is -0.341 e. The van der Waals surface area contributed by atoms with Gasteiger partial charge in [-0.25, -0.2) is 0 Å². The van der Waals surface area contributed by atoms with Crippen molar-refractivity contribution in [1.82, 2.24) is 5.32 Å². The van der Waals surface area contributed by atoms with Gasteiger partial charge < -0.3 is 5.32 Å². The number of amides is 1. The first kappa shape index (κ1) is 12.7. The van der Waals surface area contributed by atoms with Crippen molar-refractivity contribution in [3.8, 4) is 6.07 Å². The molecule has 0 radical (unpaired) electrons. The van der Waals surface area contributed by atoms with E-state index in [9.17, 15) is 4.79 Å². The molecule has 0 aromatic rings. The van der Waals surface area contributed by atoms with Gasteiger partial charge >= 0.3 is 0 Å². The van der Waals surface area contributed by atoms with Crippen LogP contribution in [0.25, 0.3) is 0 Å². The Labute approximate surface area is 85.8 Å². The lowest BCUT2D eigenvalue weighted by Gasteiger charge is -2.14. The lowest BCUT2D eigenvalue weighted by atomic mass is 9.97. The Hall–Kier alpha value is -1.30. The maximum atomic E-state index is 10.7. The number of rotatable bonds is 6. The van der Waals surface area contributed by atoms with Gasteiger partial charge in [-0.3, -0.25) is 4.79 Å². The number of carbonyl (C=O) groups excluding carboxylic acids is 1. The van der Waals surface area contributed by atoms with Crippen LogP contribution in [0, 0.1) is 17.2 Å². The van der Waals surface area contributed by atoms with Crippen LogP contribution in [0.2, 0.25) is 0 Å². The van der Waals surface area contributed by atoms with Crippen molar-refractivity contribution >= 4 is 5.91 Å². The molecule has 1 amide bonds. The first-order chi connectivity index (χ1) is 6.60. The molecule has 78 valence electrons. The van der Waals surface area contributed by atoms with Gasteiger partial charge in [-0.2, -0.15) is 5.26 Å². The monoisotopic (exact) mass is 194 g/mol. The molecule has 0 fully saturated rings. The Kier molecular flexibility index (Phi) is 6.47. The molecule has 0 aromatic heterocycles. The highest BCUT2D eigenvalue weighted by Crippen LogP contribution is 2.12. The van der Waals surface area contributed by atoms with Crippen molar-refractivity contribution in [3.05, 3.63) is 12.7 Å². The first-order valence-electron chi connectivity index (χ1n) is 4.87. The third kappa shape index (κ3) is 6.24. The maximum absolute atomic E-state index is 10.7. The Morgan fingerprint density at radius 1 is 1.71 bits per heavy atom. The molecule has 0 aliphatic heterocycles. The Morgan fingerprint density at radius 3 is 2.79 bits per heavy atom. The molecule has 1 N–H and O–H groups in total. The Morgan fingerprint density at radius 2 is 2.36 bits per heavy atom. The maximum Gasteiger partial charge on any atom is 0.217 e. The van der Waals surface area contributed by atoms with E-state index in [4.69, 9.17) is 5.26 Å². The van der Waals surface area contributed by atoms with Crippen LogP contribution in [0.15, 0.2) is 12.7 Å². The fourth-order valence-corrected chi connectivity index (χ4v) is 1.31. The molecule has 0 aliphatic carbocycles. The number of hydrogen-bond donors (Lipinski definition) is 1. The van der Waals surface area contributed by atoms with Crippen molar-refractivity contribution in [3.63, 3.8) is 0 Å². The van der Waals surface area contributed by atoms with Crippen molar-refractivity contribution in [2.75, 3.05) is 0 Å². The van der Waals surface area contributed by atoms with Crippen LogP contribution in [0.5, 0.6) is 0 Å². The van der Waals surface area contributed by atoms with Gasteiger partial charge in [-0.1, -0.05) is 13.0 Å². The van der Waals surface area contributed by atoms with Gasteiger partial charge in [-0.05, 0) is 25.2 Å². The summed E-state index contributed by atoms with van der Waals surface area (Å²) in [7, 11) is 0. The summed E-state index contributed by atoms with van der Waals surface area (Å²) in [4.78, 5) is 10.7. The van der Waals surface area contributed by atoms with Gasteiger partial charge in [0.05, 0.1) is 6.07 Å². The zero-order valence-corrected chi connectivity index (χ0v) is 8.92. The predicted octanol–water partition coefficient (Wildman–Crippen LogP) is 2.01. The highest BCUT2D eigenvalue weighted by atomic mass is 16.1. The Balaban J connectivity index is 3.86. The van der Waals surface area contributed by atoms with Crippen LogP contribution in [0.4, 0.5) is 0 Å². The summed E-state index contributed by atoms with van der Waals surface area (Å²) in [6, 6.07) is 1.73. The minimum atomic E-state index is -0.354. The van der Waals surface area contributed by atoms with E-state index in [0.717, 1.165) is 12.8 Å². The zero-order chi connectivity index (χ0) is 11.0. The Bertz CT molecular complexity index is 230. The molecule has 0 spiro atoms. The number of hydrogen-bond acceptors (Lipinski definition) is 2. The number of nitrogens with one attached hydrogen (secondary N) is 1. The van der Waals surface area contributed by atoms with E-state index in [0.29, 0.717) is 12.3 Å². The van der Waals surface area contributed by atoms with E-state index < -0.39 is 0 Å². The van der Waals surface area contributed by atoms with Crippen LogP contribution in [0.3, 0.4) is 0 Å². The van der Waals surface area contributed by atoms with Gasteiger partial charge in [-0.15, -0.1) is 6.58 Å². The van der Waals surface area contributed by atoms with E-state index >= 15 is 0 Å². The largest absolute Gasteiger partial charge is 0.341 e.